The molecule has 2 aromatic heterocycles. The minimum absolute atomic E-state index is 0.167. The second-order valence-corrected chi connectivity index (χ2v) is 5.74. The van der Waals surface area contributed by atoms with Crippen molar-refractivity contribution in [1.29, 1.82) is 0 Å². The van der Waals surface area contributed by atoms with Crippen molar-refractivity contribution in [3.63, 3.8) is 0 Å². The Balaban J connectivity index is 1.87. The molecule has 0 saturated carbocycles. The van der Waals surface area contributed by atoms with Crippen molar-refractivity contribution in [2.45, 2.75) is 19.5 Å². The number of aromatic nitrogens is 2. The van der Waals surface area contributed by atoms with Crippen LogP contribution < -0.4 is 10.6 Å². The number of nitrogens with zero attached hydrogens (tertiary/aromatic N) is 3. The van der Waals surface area contributed by atoms with Gasteiger partial charge in [-0.05, 0) is 43.4 Å². The quantitative estimate of drug-likeness (QED) is 0.861. The molecule has 0 unspecified atom stereocenters. The molecule has 2 heterocycles. The van der Waals surface area contributed by atoms with Gasteiger partial charge in [0.2, 0.25) is 0 Å². The molecule has 1 atom stereocenters. The second-order valence-electron chi connectivity index (χ2n) is 4.96. The first-order valence-corrected chi connectivity index (χ1v) is 7.80. The number of likely N-dealkylation sites (N-methyl/N-ethyl adjacent to an activating group) is 1. The van der Waals surface area contributed by atoms with Gasteiger partial charge in [-0.1, -0.05) is 0 Å². The number of aryl methyl sites for hydroxylation is 1. The maximum Gasteiger partial charge on any atom is 0.319 e. The van der Waals surface area contributed by atoms with E-state index < -0.39 is 0 Å². The van der Waals surface area contributed by atoms with E-state index in [-0.39, 0.29) is 12.1 Å². The summed E-state index contributed by atoms with van der Waals surface area (Å²) in [6.07, 6.45) is 3.45. The van der Waals surface area contributed by atoms with Gasteiger partial charge in [-0.2, -0.15) is 16.4 Å². The smallest absolute Gasteiger partial charge is 0.319 e. The average Bonchev–Trinajstić information content (AvgIpc) is 3.10. The largest absolute Gasteiger partial charge is 0.336 e. The third kappa shape index (κ3) is 4.30. The van der Waals surface area contributed by atoms with Crippen LogP contribution in [0.2, 0.25) is 0 Å². The molecule has 2 amide bonds. The molecule has 0 aliphatic heterocycles. The number of amides is 2. The Bertz CT molecular complexity index is 564. The zero-order valence-electron chi connectivity index (χ0n) is 12.5. The predicted molar refractivity (Wildman–Crippen MR) is 85.7 cm³/mol. The number of thiophene rings is 1. The van der Waals surface area contributed by atoms with E-state index >= 15 is 0 Å². The molecule has 0 aromatic carbocycles. The van der Waals surface area contributed by atoms with Crippen molar-refractivity contribution in [1.82, 2.24) is 20.0 Å². The molecule has 0 fully saturated rings. The number of hydrogen-bond acceptors (Lipinski definition) is 4. The number of carbonyl (C=O) groups is 1. The molecule has 7 heteroatoms. The van der Waals surface area contributed by atoms with Crippen molar-refractivity contribution < 1.29 is 4.79 Å². The van der Waals surface area contributed by atoms with E-state index in [1.807, 2.05) is 32.6 Å². The lowest BCUT2D eigenvalue weighted by Crippen LogP contribution is -2.36. The van der Waals surface area contributed by atoms with Crippen molar-refractivity contribution in [2.24, 2.45) is 0 Å². The van der Waals surface area contributed by atoms with Crippen molar-refractivity contribution in [2.75, 3.05) is 26.0 Å². The Morgan fingerprint density at radius 1 is 1.52 bits per heavy atom. The van der Waals surface area contributed by atoms with Gasteiger partial charge in [0, 0.05) is 19.3 Å². The third-order valence-corrected chi connectivity index (χ3v) is 3.92. The summed E-state index contributed by atoms with van der Waals surface area (Å²) in [7, 11) is 4.01. The summed E-state index contributed by atoms with van der Waals surface area (Å²) in [5.74, 6) is 0. The van der Waals surface area contributed by atoms with E-state index in [1.165, 1.54) is 5.56 Å². The number of carbonyl (C=O) groups excluding carboxylic acids is 1. The highest BCUT2D eigenvalue weighted by Gasteiger charge is 2.15. The normalized spacial score (nSPS) is 12.4. The molecule has 0 radical (unpaired) electrons. The minimum atomic E-state index is -0.215. The topological polar surface area (TPSA) is 62.2 Å². The second kappa shape index (κ2) is 7.24. The lowest BCUT2D eigenvalue weighted by atomic mass is 10.1. The Kier molecular flexibility index (Phi) is 5.35. The van der Waals surface area contributed by atoms with Gasteiger partial charge >= 0.3 is 6.03 Å². The van der Waals surface area contributed by atoms with Gasteiger partial charge in [0.15, 0.2) is 0 Å². The highest BCUT2D eigenvalue weighted by molar-refractivity contribution is 7.07. The Morgan fingerprint density at radius 2 is 2.33 bits per heavy atom. The van der Waals surface area contributed by atoms with Gasteiger partial charge in [0.05, 0.1) is 17.9 Å². The minimum Gasteiger partial charge on any atom is -0.336 e. The number of urea groups is 1. The summed E-state index contributed by atoms with van der Waals surface area (Å²) >= 11 is 1.66. The van der Waals surface area contributed by atoms with Crippen LogP contribution in [-0.2, 0) is 6.54 Å². The van der Waals surface area contributed by atoms with Crippen LogP contribution in [0.25, 0.3) is 0 Å². The van der Waals surface area contributed by atoms with Gasteiger partial charge in [0.1, 0.15) is 0 Å². The summed E-state index contributed by atoms with van der Waals surface area (Å²) in [6, 6.07) is 2.04. The lowest BCUT2D eigenvalue weighted by molar-refractivity contribution is 0.243. The van der Waals surface area contributed by atoms with Crippen molar-refractivity contribution in [3.05, 3.63) is 34.8 Å². The van der Waals surface area contributed by atoms with E-state index in [9.17, 15) is 4.79 Å². The lowest BCUT2D eigenvalue weighted by Gasteiger charge is -2.23. The Hall–Kier alpha value is -1.86. The van der Waals surface area contributed by atoms with Crippen LogP contribution in [0, 0.1) is 0 Å². The van der Waals surface area contributed by atoms with Gasteiger partial charge in [0.25, 0.3) is 0 Å². The number of nitrogens with one attached hydrogen (secondary N) is 2. The van der Waals surface area contributed by atoms with Gasteiger partial charge in [-0.3, -0.25) is 4.68 Å². The molecule has 0 bridgehead atoms. The van der Waals surface area contributed by atoms with E-state index in [1.54, 1.807) is 22.2 Å². The highest BCUT2D eigenvalue weighted by atomic mass is 32.1. The molecule has 0 saturated heterocycles. The zero-order valence-corrected chi connectivity index (χ0v) is 13.4. The molecule has 6 nitrogen and oxygen atoms in total. The van der Waals surface area contributed by atoms with Gasteiger partial charge < -0.3 is 15.5 Å². The fraction of sp³-hybridized carbons (Fsp3) is 0.429. The first kappa shape index (κ1) is 15.5. The molecule has 21 heavy (non-hydrogen) atoms. The maximum atomic E-state index is 11.9. The average molecular weight is 307 g/mol. The number of hydrogen-bond donors (Lipinski definition) is 2. The summed E-state index contributed by atoms with van der Waals surface area (Å²) in [5.41, 5.74) is 1.91. The summed E-state index contributed by atoms with van der Waals surface area (Å²) in [6.45, 7) is 3.33. The maximum absolute atomic E-state index is 11.9. The van der Waals surface area contributed by atoms with Crippen molar-refractivity contribution >= 4 is 23.1 Å². The highest BCUT2D eigenvalue weighted by Crippen LogP contribution is 2.19. The van der Waals surface area contributed by atoms with Gasteiger partial charge in [-0.25, -0.2) is 4.79 Å². The van der Waals surface area contributed by atoms with Crippen LogP contribution in [0.5, 0.6) is 0 Å². The molecule has 2 N–H and O–H groups in total. The Labute approximate surface area is 128 Å². The number of rotatable bonds is 6. The van der Waals surface area contributed by atoms with Crippen LogP contribution in [0.15, 0.2) is 29.2 Å². The molecular formula is C14H21N5OS. The molecule has 114 valence electrons. The van der Waals surface area contributed by atoms with Crippen molar-refractivity contribution in [3.8, 4) is 0 Å². The molecular weight excluding hydrogens is 286 g/mol. The first-order valence-electron chi connectivity index (χ1n) is 6.86. The predicted octanol–water partition coefficient (Wildman–Crippen LogP) is 2.39. The van der Waals surface area contributed by atoms with Crippen LogP contribution in [0.4, 0.5) is 10.5 Å². The molecule has 0 aliphatic carbocycles. The first-order chi connectivity index (χ1) is 10.1. The van der Waals surface area contributed by atoms with Crippen LogP contribution in [0.1, 0.15) is 18.5 Å². The van der Waals surface area contributed by atoms with Crippen LogP contribution in [-0.4, -0.2) is 41.4 Å². The van der Waals surface area contributed by atoms with E-state index in [0.717, 1.165) is 6.54 Å². The van der Waals surface area contributed by atoms with Crippen LogP contribution in [0.3, 0.4) is 0 Å². The van der Waals surface area contributed by atoms with E-state index in [0.29, 0.717) is 12.2 Å². The molecule has 2 rings (SSSR count). The summed E-state index contributed by atoms with van der Waals surface area (Å²) in [5, 5.41) is 14.0. The SMILES string of the molecule is CCn1cc(NC(=O)NC[C@H](c2ccsc2)N(C)C)cn1. The number of anilines is 1. The zero-order chi connectivity index (χ0) is 15.2. The van der Waals surface area contributed by atoms with Crippen LogP contribution >= 0.6 is 11.3 Å². The monoisotopic (exact) mass is 307 g/mol. The Morgan fingerprint density at radius 3 is 2.90 bits per heavy atom. The third-order valence-electron chi connectivity index (χ3n) is 3.22. The fourth-order valence-corrected chi connectivity index (χ4v) is 2.74. The van der Waals surface area contributed by atoms with Gasteiger partial charge in [-0.15, -0.1) is 0 Å². The molecule has 0 aliphatic rings. The molecule has 2 aromatic rings. The fourth-order valence-electron chi connectivity index (χ4n) is 2.03. The van der Waals surface area contributed by atoms with E-state index in [2.05, 4.69) is 32.1 Å². The summed E-state index contributed by atoms with van der Waals surface area (Å²) in [4.78, 5) is 14.0. The standard InChI is InChI=1S/C14H21N5OS/c1-4-19-9-12(7-16-19)17-14(20)15-8-13(18(2)3)11-5-6-21-10-11/h5-7,9-10,13H,4,8H2,1-3H3,(H2,15,17,20)/t13-/m1/s1. The molecule has 0 spiro atoms. The summed E-state index contributed by atoms with van der Waals surface area (Å²) < 4.78 is 1.77. The van der Waals surface area contributed by atoms with E-state index in [4.69, 9.17) is 0 Å².